The fourth-order valence-electron chi connectivity index (χ4n) is 2.38. The summed E-state index contributed by atoms with van der Waals surface area (Å²) in [6, 6.07) is 13.0. The molecule has 0 spiro atoms. The van der Waals surface area contributed by atoms with Gasteiger partial charge in [0, 0.05) is 13.1 Å². The number of aryl methyl sites for hydroxylation is 1. The summed E-state index contributed by atoms with van der Waals surface area (Å²) in [6.45, 7) is 0. The maximum Gasteiger partial charge on any atom is 0.333 e. The highest BCUT2D eigenvalue weighted by Gasteiger charge is 2.12. The van der Waals surface area contributed by atoms with Crippen LogP contribution in [0.3, 0.4) is 0 Å². The predicted molar refractivity (Wildman–Crippen MR) is 79.5 cm³/mol. The SMILES string of the molecule is COc1cc(-n2c(=O)n(C)c3ccccc32)ccc1N. The monoisotopic (exact) mass is 269 g/mol. The molecule has 20 heavy (non-hydrogen) atoms. The van der Waals surface area contributed by atoms with E-state index in [0.717, 1.165) is 16.7 Å². The summed E-state index contributed by atoms with van der Waals surface area (Å²) in [6.07, 6.45) is 0. The molecule has 102 valence electrons. The van der Waals surface area contributed by atoms with E-state index in [-0.39, 0.29) is 5.69 Å². The third-order valence-electron chi connectivity index (χ3n) is 3.44. The first kappa shape index (κ1) is 12.3. The van der Waals surface area contributed by atoms with Gasteiger partial charge in [-0.05, 0) is 24.3 Å². The van der Waals surface area contributed by atoms with Crippen LogP contribution >= 0.6 is 0 Å². The highest BCUT2D eigenvalue weighted by molar-refractivity contribution is 5.78. The molecule has 0 radical (unpaired) electrons. The number of methoxy groups -OCH3 is 1. The minimum absolute atomic E-state index is 0.0991. The Morgan fingerprint density at radius 1 is 1.10 bits per heavy atom. The first-order valence-electron chi connectivity index (χ1n) is 6.24. The number of benzene rings is 2. The number of imidazole rings is 1. The van der Waals surface area contributed by atoms with Crippen LogP contribution in [0.4, 0.5) is 5.69 Å². The number of para-hydroxylation sites is 2. The molecule has 5 nitrogen and oxygen atoms in total. The lowest BCUT2D eigenvalue weighted by molar-refractivity contribution is 0.417. The summed E-state index contributed by atoms with van der Waals surface area (Å²) in [4.78, 5) is 12.4. The number of anilines is 1. The Kier molecular flexibility index (Phi) is 2.75. The Morgan fingerprint density at radius 2 is 1.80 bits per heavy atom. The first-order chi connectivity index (χ1) is 9.63. The van der Waals surface area contributed by atoms with Gasteiger partial charge in [-0.1, -0.05) is 12.1 Å². The van der Waals surface area contributed by atoms with Gasteiger partial charge < -0.3 is 10.5 Å². The van der Waals surface area contributed by atoms with E-state index in [0.29, 0.717) is 11.4 Å². The summed E-state index contributed by atoms with van der Waals surface area (Å²) in [5.41, 5.74) is 8.73. The van der Waals surface area contributed by atoms with Crippen molar-refractivity contribution in [2.75, 3.05) is 12.8 Å². The molecular formula is C15H15N3O2. The largest absolute Gasteiger partial charge is 0.495 e. The van der Waals surface area contributed by atoms with Crippen LogP contribution in [-0.4, -0.2) is 16.2 Å². The van der Waals surface area contributed by atoms with E-state index in [1.165, 1.54) is 0 Å². The maximum atomic E-state index is 12.4. The molecular weight excluding hydrogens is 254 g/mol. The highest BCUT2D eigenvalue weighted by atomic mass is 16.5. The average Bonchev–Trinajstić information content (AvgIpc) is 2.72. The van der Waals surface area contributed by atoms with Crippen molar-refractivity contribution in [3.05, 3.63) is 52.9 Å². The number of nitrogen functional groups attached to an aromatic ring is 1. The molecule has 2 aromatic carbocycles. The van der Waals surface area contributed by atoms with Gasteiger partial charge in [-0.15, -0.1) is 0 Å². The van der Waals surface area contributed by atoms with Crippen LogP contribution in [0, 0.1) is 0 Å². The molecule has 0 unspecified atom stereocenters. The zero-order valence-corrected chi connectivity index (χ0v) is 11.3. The standard InChI is InChI=1S/C15H15N3O2/c1-17-12-5-3-4-6-13(12)18(15(17)19)10-7-8-11(16)14(9-10)20-2/h3-9H,16H2,1-2H3. The molecule has 0 saturated carbocycles. The second-order valence-electron chi connectivity index (χ2n) is 4.59. The molecule has 1 aromatic heterocycles. The molecule has 1 heterocycles. The molecule has 5 heteroatoms. The van der Waals surface area contributed by atoms with Gasteiger partial charge >= 0.3 is 5.69 Å². The molecule has 3 aromatic rings. The summed E-state index contributed by atoms with van der Waals surface area (Å²) < 4.78 is 8.49. The van der Waals surface area contributed by atoms with Gasteiger partial charge in [0.15, 0.2) is 0 Å². The van der Waals surface area contributed by atoms with E-state index in [9.17, 15) is 4.79 Å². The average molecular weight is 269 g/mol. The van der Waals surface area contributed by atoms with Crippen molar-refractivity contribution >= 4 is 16.7 Å². The molecule has 0 aliphatic carbocycles. The lowest BCUT2D eigenvalue weighted by Gasteiger charge is -2.08. The number of rotatable bonds is 2. The Hall–Kier alpha value is -2.69. The first-order valence-corrected chi connectivity index (χ1v) is 6.24. The van der Waals surface area contributed by atoms with E-state index in [4.69, 9.17) is 10.5 Å². The molecule has 0 fully saturated rings. The van der Waals surface area contributed by atoms with Crippen LogP contribution in [0.25, 0.3) is 16.7 Å². The van der Waals surface area contributed by atoms with Crippen LogP contribution in [0.2, 0.25) is 0 Å². The smallest absolute Gasteiger partial charge is 0.333 e. The minimum atomic E-state index is -0.0991. The van der Waals surface area contributed by atoms with Crippen molar-refractivity contribution < 1.29 is 4.74 Å². The minimum Gasteiger partial charge on any atom is -0.495 e. The van der Waals surface area contributed by atoms with Gasteiger partial charge in [0.1, 0.15) is 5.75 Å². The van der Waals surface area contributed by atoms with Crippen molar-refractivity contribution in [1.29, 1.82) is 0 Å². The van der Waals surface area contributed by atoms with E-state index in [1.807, 2.05) is 30.3 Å². The molecule has 0 saturated heterocycles. The highest BCUT2D eigenvalue weighted by Crippen LogP contribution is 2.25. The second kappa shape index (κ2) is 4.45. The third-order valence-corrected chi connectivity index (χ3v) is 3.44. The van der Waals surface area contributed by atoms with Crippen LogP contribution in [0.1, 0.15) is 0 Å². The molecule has 3 rings (SSSR count). The molecule has 0 amide bonds. The number of nitrogens with zero attached hydrogens (tertiary/aromatic N) is 2. The third kappa shape index (κ3) is 1.67. The maximum absolute atomic E-state index is 12.4. The summed E-state index contributed by atoms with van der Waals surface area (Å²) >= 11 is 0. The Labute approximate surface area is 115 Å². The zero-order valence-electron chi connectivity index (χ0n) is 11.3. The van der Waals surface area contributed by atoms with Crippen LogP contribution in [-0.2, 0) is 7.05 Å². The number of fused-ring (bicyclic) bond motifs is 1. The Morgan fingerprint density at radius 3 is 2.50 bits per heavy atom. The van der Waals surface area contributed by atoms with Gasteiger partial charge in [0.05, 0.1) is 29.5 Å². The Bertz CT molecular complexity index is 846. The van der Waals surface area contributed by atoms with Crippen molar-refractivity contribution in [3.63, 3.8) is 0 Å². The quantitative estimate of drug-likeness (QED) is 0.723. The van der Waals surface area contributed by atoms with Gasteiger partial charge in [-0.25, -0.2) is 4.79 Å². The summed E-state index contributed by atoms with van der Waals surface area (Å²) in [5.74, 6) is 0.558. The normalized spacial score (nSPS) is 10.9. The number of hydrogen-bond donors (Lipinski definition) is 1. The molecule has 0 aliphatic heterocycles. The summed E-state index contributed by atoms with van der Waals surface area (Å²) in [5, 5.41) is 0. The number of nitrogens with two attached hydrogens (primary N) is 1. The van der Waals surface area contributed by atoms with E-state index >= 15 is 0 Å². The number of hydrogen-bond acceptors (Lipinski definition) is 3. The van der Waals surface area contributed by atoms with Gasteiger partial charge in [-0.2, -0.15) is 0 Å². The van der Waals surface area contributed by atoms with Crippen molar-refractivity contribution in [3.8, 4) is 11.4 Å². The second-order valence-corrected chi connectivity index (χ2v) is 4.59. The predicted octanol–water partition coefficient (Wildman–Crippen LogP) is 1.92. The van der Waals surface area contributed by atoms with Gasteiger partial charge in [0.25, 0.3) is 0 Å². The molecule has 2 N–H and O–H groups in total. The summed E-state index contributed by atoms with van der Waals surface area (Å²) in [7, 11) is 3.32. The number of aromatic nitrogens is 2. The van der Waals surface area contributed by atoms with Crippen molar-refractivity contribution in [2.24, 2.45) is 7.05 Å². The fraction of sp³-hybridized carbons (Fsp3) is 0.133. The van der Waals surface area contributed by atoms with Crippen molar-refractivity contribution in [1.82, 2.24) is 9.13 Å². The fourth-order valence-corrected chi connectivity index (χ4v) is 2.38. The van der Waals surface area contributed by atoms with Crippen LogP contribution in [0.15, 0.2) is 47.3 Å². The van der Waals surface area contributed by atoms with E-state index in [2.05, 4.69) is 0 Å². The molecule has 0 aliphatic rings. The van der Waals surface area contributed by atoms with Gasteiger partial charge in [-0.3, -0.25) is 9.13 Å². The molecule has 0 bridgehead atoms. The topological polar surface area (TPSA) is 62.2 Å². The van der Waals surface area contributed by atoms with Crippen molar-refractivity contribution in [2.45, 2.75) is 0 Å². The number of ether oxygens (including phenoxy) is 1. The van der Waals surface area contributed by atoms with Crippen LogP contribution < -0.4 is 16.2 Å². The lowest BCUT2D eigenvalue weighted by Crippen LogP contribution is -2.20. The Balaban J connectivity index is 2.35. The van der Waals surface area contributed by atoms with E-state index < -0.39 is 0 Å². The van der Waals surface area contributed by atoms with Gasteiger partial charge in [0.2, 0.25) is 0 Å². The molecule has 0 atom stereocenters. The lowest BCUT2D eigenvalue weighted by atomic mass is 10.2. The zero-order chi connectivity index (χ0) is 14.3. The van der Waals surface area contributed by atoms with E-state index in [1.54, 1.807) is 35.4 Å². The van der Waals surface area contributed by atoms with Crippen LogP contribution in [0.5, 0.6) is 5.75 Å².